The first-order chi connectivity index (χ1) is 12.3. The van der Waals surface area contributed by atoms with E-state index in [4.69, 9.17) is 9.47 Å². The van der Waals surface area contributed by atoms with Crippen LogP contribution in [0.4, 0.5) is 11.4 Å². The van der Waals surface area contributed by atoms with Gasteiger partial charge in [0.1, 0.15) is 18.0 Å². The zero-order valence-electron chi connectivity index (χ0n) is 15.8. The van der Waals surface area contributed by atoms with Gasteiger partial charge in [-0.05, 0) is 49.2 Å². The Balaban J connectivity index is 2.25. The molecule has 0 radical (unpaired) electrons. The van der Waals surface area contributed by atoms with Crippen molar-refractivity contribution in [2.75, 3.05) is 31.0 Å². The highest BCUT2D eigenvalue weighted by Crippen LogP contribution is 2.32. The molecule has 2 rings (SSSR count). The molecular weight excluding hydrogens is 332 g/mol. The molecule has 0 aliphatic carbocycles. The molecule has 2 aromatic carbocycles. The van der Waals surface area contributed by atoms with Gasteiger partial charge >= 0.3 is 0 Å². The quantitative estimate of drug-likeness (QED) is 0.862. The molecule has 1 N–H and O–H groups in total. The molecule has 2 aromatic rings. The van der Waals surface area contributed by atoms with Crippen LogP contribution >= 0.6 is 0 Å². The lowest BCUT2D eigenvalue weighted by Crippen LogP contribution is -2.37. The lowest BCUT2D eigenvalue weighted by Gasteiger charge is -2.23. The molecule has 138 valence electrons. The fraction of sp³-hybridized carbons (Fsp3) is 0.300. The maximum Gasteiger partial charge on any atom is 0.244 e. The normalized spacial score (nSPS) is 10.2. The monoisotopic (exact) mass is 356 g/mol. The van der Waals surface area contributed by atoms with Gasteiger partial charge in [-0.15, -0.1) is 0 Å². The largest absolute Gasteiger partial charge is 0.497 e. The fourth-order valence-electron chi connectivity index (χ4n) is 2.76. The van der Waals surface area contributed by atoms with Crippen molar-refractivity contribution in [3.05, 3.63) is 47.5 Å². The van der Waals surface area contributed by atoms with Crippen molar-refractivity contribution in [3.8, 4) is 11.5 Å². The predicted molar refractivity (Wildman–Crippen MR) is 102 cm³/mol. The molecule has 0 unspecified atom stereocenters. The number of methoxy groups -OCH3 is 2. The molecule has 6 nitrogen and oxygen atoms in total. The molecule has 6 heteroatoms. The molecule has 0 bridgehead atoms. The Bertz CT molecular complexity index is 797. The summed E-state index contributed by atoms with van der Waals surface area (Å²) in [7, 11) is 3.05. The zero-order valence-corrected chi connectivity index (χ0v) is 15.8. The van der Waals surface area contributed by atoms with E-state index < -0.39 is 0 Å². The van der Waals surface area contributed by atoms with E-state index in [9.17, 15) is 9.59 Å². The predicted octanol–water partition coefficient (Wildman–Crippen LogP) is 3.31. The van der Waals surface area contributed by atoms with Gasteiger partial charge in [0.25, 0.3) is 0 Å². The van der Waals surface area contributed by atoms with Gasteiger partial charge < -0.3 is 14.8 Å². The zero-order chi connectivity index (χ0) is 19.3. The highest BCUT2D eigenvalue weighted by Gasteiger charge is 2.20. The van der Waals surface area contributed by atoms with Crippen molar-refractivity contribution in [2.24, 2.45) is 0 Å². The van der Waals surface area contributed by atoms with Crippen LogP contribution < -0.4 is 19.7 Å². The first-order valence-corrected chi connectivity index (χ1v) is 8.22. The van der Waals surface area contributed by atoms with Crippen LogP contribution in [0, 0.1) is 13.8 Å². The first kappa shape index (κ1) is 19.3. The number of carbonyl (C=O) groups excluding carboxylic acids is 2. The van der Waals surface area contributed by atoms with Gasteiger partial charge in [0.15, 0.2) is 0 Å². The third-order valence-corrected chi connectivity index (χ3v) is 3.86. The molecule has 0 spiro atoms. The van der Waals surface area contributed by atoms with E-state index in [-0.39, 0.29) is 18.4 Å². The summed E-state index contributed by atoms with van der Waals surface area (Å²) in [5.41, 5.74) is 3.29. The van der Waals surface area contributed by atoms with Crippen molar-refractivity contribution in [2.45, 2.75) is 20.8 Å². The van der Waals surface area contributed by atoms with Crippen LogP contribution in [0.25, 0.3) is 0 Å². The van der Waals surface area contributed by atoms with Gasteiger partial charge in [0.2, 0.25) is 11.8 Å². The van der Waals surface area contributed by atoms with Gasteiger partial charge in [-0.25, -0.2) is 0 Å². The SMILES string of the molecule is COc1ccc(OC)c(N(CC(=O)Nc2cc(C)cc(C)c2)C(C)=O)c1. The van der Waals surface area contributed by atoms with Crippen LogP contribution in [0.1, 0.15) is 18.1 Å². The van der Waals surface area contributed by atoms with E-state index in [0.717, 1.165) is 11.1 Å². The lowest BCUT2D eigenvalue weighted by atomic mass is 10.1. The standard InChI is InChI=1S/C20H24N2O4/c1-13-8-14(2)10-16(9-13)21-20(24)12-22(15(3)23)18-11-17(25-4)6-7-19(18)26-5/h6-11H,12H2,1-5H3,(H,21,24). The summed E-state index contributed by atoms with van der Waals surface area (Å²) in [6.07, 6.45) is 0. The summed E-state index contributed by atoms with van der Waals surface area (Å²) in [4.78, 5) is 26.0. The van der Waals surface area contributed by atoms with Crippen molar-refractivity contribution in [1.29, 1.82) is 0 Å². The number of hydrogen-bond acceptors (Lipinski definition) is 4. The minimum atomic E-state index is -0.296. The Kier molecular flexibility index (Phi) is 6.22. The molecule has 26 heavy (non-hydrogen) atoms. The number of amides is 2. The molecule has 0 aliphatic heterocycles. The van der Waals surface area contributed by atoms with Gasteiger partial charge in [0, 0.05) is 18.7 Å². The molecule has 0 fully saturated rings. The third-order valence-electron chi connectivity index (χ3n) is 3.86. The van der Waals surface area contributed by atoms with Crippen LogP contribution in [-0.2, 0) is 9.59 Å². The van der Waals surface area contributed by atoms with Crippen LogP contribution in [0.15, 0.2) is 36.4 Å². The number of hydrogen-bond donors (Lipinski definition) is 1. The number of ether oxygens (including phenoxy) is 2. The maximum absolute atomic E-state index is 12.5. The number of anilines is 2. The summed E-state index contributed by atoms with van der Waals surface area (Å²) in [6, 6.07) is 10.9. The number of benzene rings is 2. The fourth-order valence-corrected chi connectivity index (χ4v) is 2.76. The summed E-state index contributed by atoms with van der Waals surface area (Å²) < 4.78 is 10.5. The molecule has 0 aromatic heterocycles. The number of nitrogens with zero attached hydrogens (tertiary/aromatic N) is 1. The van der Waals surface area contributed by atoms with E-state index in [1.165, 1.54) is 26.0 Å². The highest BCUT2D eigenvalue weighted by molar-refractivity contribution is 6.02. The van der Waals surface area contributed by atoms with E-state index in [1.807, 2.05) is 32.0 Å². The van der Waals surface area contributed by atoms with E-state index in [1.54, 1.807) is 18.2 Å². The topological polar surface area (TPSA) is 67.9 Å². The number of nitrogens with one attached hydrogen (secondary N) is 1. The summed E-state index contributed by atoms with van der Waals surface area (Å²) >= 11 is 0. The molecule has 0 saturated heterocycles. The first-order valence-electron chi connectivity index (χ1n) is 8.22. The highest BCUT2D eigenvalue weighted by atomic mass is 16.5. The molecule has 0 atom stereocenters. The van der Waals surface area contributed by atoms with Gasteiger partial charge in [-0.1, -0.05) is 6.07 Å². The van der Waals surface area contributed by atoms with E-state index in [2.05, 4.69) is 5.32 Å². The van der Waals surface area contributed by atoms with Gasteiger partial charge in [-0.2, -0.15) is 0 Å². The third kappa shape index (κ3) is 4.75. The Labute approximate surface area is 153 Å². The van der Waals surface area contributed by atoms with Crippen LogP contribution in [-0.4, -0.2) is 32.6 Å². The van der Waals surface area contributed by atoms with Crippen molar-refractivity contribution in [3.63, 3.8) is 0 Å². The Hall–Kier alpha value is -3.02. The molecule has 0 aliphatic rings. The Morgan fingerprint density at radius 1 is 1.00 bits per heavy atom. The van der Waals surface area contributed by atoms with E-state index >= 15 is 0 Å². The lowest BCUT2D eigenvalue weighted by molar-refractivity contribution is -0.120. The average molecular weight is 356 g/mol. The minimum absolute atomic E-state index is 0.133. The summed E-state index contributed by atoms with van der Waals surface area (Å²) in [5.74, 6) is 0.490. The number of rotatable bonds is 6. The second-order valence-electron chi connectivity index (χ2n) is 6.07. The molecule has 2 amide bonds. The van der Waals surface area contributed by atoms with Crippen molar-refractivity contribution >= 4 is 23.2 Å². The van der Waals surface area contributed by atoms with Crippen LogP contribution in [0.5, 0.6) is 11.5 Å². The molecule has 0 saturated carbocycles. The second-order valence-corrected chi connectivity index (χ2v) is 6.07. The smallest absolute Gasteiger partial charge is 0.244 e. The number of aryl methyl sites for hydroxylation is 2. The number of carbonyl (C=O) groups is 2. The summed E-state index contributed by atoms with van der Waals surface area (Å²) in [5, 5.41) is 2.84. The second kappa shape index (κ2) is 8.38. The minimum Gasteiger partial charge on any atom is -0.497 e. The molecule has 0 heterocycles. The van der Waals surface area contributed by atoms with Crippen molar-refractivity contribution in [1.82, 2.24) is 0 Å². The van der Waals surface area contributed by atoms with Crippen molar-refractivity contribution < 1.29 is 19.1 Å². The Morgan fingerprint density at radius 2 is 1.65 bits per heavy atom. The van der Waals surface area contributed by atoms with Crippen LogP contribution in [0.3, 0.4) is 0 Å². The van der Waals surface area contributed by atoms with E-state index in [0.29, 0.717) is 22.9 Å². The summed E-state index contributed by atoms with van der Waals surface area (Å²) in [6.45, 7) is 5.20. The Morgan fingerprint density at radius 3 is 2.19 bits per heavy atom. The van der Waals surface area contributed by atoms with Gasteiger partial charge in [-0.3, -0.25) is 14.5 Å². The molecular formula is C20H24N2O4. The van der Waals surface area contributed by atoms with Crippen LogP contribution in [0.2, 0.25) is 0 Å². The van der Waals surface area contributed by atoms with Gasteiger partial charge in [0.05, 0.1) is 19.9 Å². The maximum atomic E-state index is 12.5. The average Bonchev–Trinajstić information content (AvgIpc) is 2.58.